The molecule has 0 unspecified atom stereocenters. The lowest BCUT2D eigenvalue weighted by molar-refractivity contribution is 0.128. The maximum absolute atomic E-state index is 5.80. The third kappa shape index (κ3) is 3.46. The molecule has 0 aliphatic heterocycles. The van der Waals surface area contributed by atoms with E-state index in [2.05, 4.69) is 16.1 Å². The van der Waals surface area contributed by atoms with Gasteiger partial charge in [0.1, 0.15) is 0 Å². The van der Waals surface area contributed by atoms with E-state index in [1.165, 1.54) is 25.0 Å². The molecule has 96 valence electrons. The molecule has 1 aliphatic rings. The monoisotopic (exact) mass is 255 g/mol. The maximum Gasteiger partial charge on any atom is 0.0492 e. The highest BCUT2D eigenvalue weighted by Gasteiger charge is 2.24. The first-order chi connectivity index (χ1) is 8.31. The molecule has 3 nitrogen and oxygen atoms in total. The number of hydrogen-bond acceptors (Lipinski definition) is 2. The summed E-state index contributed by atoms with van der Waals surface area (Å²) in [6.07, 6.45) is 8.20. The molecule has 17 heavy (non-hydrogen) atoms. The summed E-state index contributed by atoms with van der Waals surface area (Å²) in [6, 6.07) is 2.92. The fourth-order valence-electron chi connectivity index (χ4n) is 2.40. The van der Waals surface area contributed by atoms with Gasteiger partial charge in [-0.15, -0.1) is 11.6 Å². The van der Waals surface area contributed by atoms with Gasteiger partial charge in [-0.3, -0.25) is 9.58 Å². The van der Waals surface area contributed by atoms with Crippen LogP contribution in [0.3, 0.4) is 0 Å². The smallest absolute Gasteiger partial charge is 0.0492 e. The minimum atomic E-state index is 0.773. The molecule has 0 spiro atoms. The lowest BCUT2D eigenvalue weighted by Gasteiger charge is -2.37. The summed E-state index contributed by atoms with van der Waals surface area (Å²) in [4.78, 5) is 2.61. The zero-order chi connectivity index (χ0) is 12.1. The molecule has 0 amide bonds. The molecule has 0 bridgehead atoms. The van der Waals surface area contributed by atoms with Gasteiger partial charge in [-0.25, -0.2) is 0 Å². The second-order valence-electron chi connectivity index (χ2n) is 4.86. The van der Waals surface area contributed by atoms with Gasteiger partial charge in [0.2, 0.25) is 0 Å². The topological polar surface area (TPSA) is 21.1 Å². The molecule has 0 N–H and O–H groups in total. The molecule has 1 aromatic heterocycles. The van der Waals surface area contributed by atoms with Gasteiger partial charge in [0.25, 0.3) is 0 Å². The van der Waals surface area contributed by atoms with Crippen molar-refractivity contribution in [2.45, 2.75) is 38.1 Å². The number of nitrogens with zero attached hydrogens (tertiary/aromatic N) is 3. The Bertz CT molecular complexity index is 333. The number of hydrogen-bond donors (Lipinski definition) is 0. The highest BCUT2D eigenvalue weighted by atomic mass is 35.5. The van der Waals surface area contributed by atoms with Crippen LogP contribution in [-0.2, 0) is 13.5 Å². The van der Waals surface area contributed by atoms with E-state index in [1.807, 2.05) is 17.9 Å². The van der Waals surface area contributed by atoms with E-state index in [0.29, 0.717) is 0 Å². The molecule has 0 atom stereocenters. The van der Waals surface area contributed by atoms with Crippen LogP contribution >= 0.6 is 11.6 Å². The summed E-state index contributed by atoms with van der Waals surface area (Å²) >= 11 is 5.80. The molecule has 1 heterocycles. The van der Waals surface area contributed by atoms with Crippen molar-refractivity contribution >= 4 is 11.6 Å². The highest BCUT2D eigenvalue weighted by Crippen LogP contribution is 2.25. The average molecular weight is 256 g/mol. The van der Waals surface area contributed by atoms with Gasteiger partial charge in [0, 0.05) is 43.8 Å². The van der Waals surface area contributed by atoms with Crippen molar-refractivity contribution in [1.82, 2.24) is 14.7 Å². The van der Waals surface area contributed by atoms with Crippen molar-refractivity contribution in [2.24, 2.45) is 7.05 Å². The van der Waals surface area contributed by atoms with E-state index in [-0.39, 0.29) is 0 Å². The largest absolute Gasteiger partial charge is 0.300 e. The van der Waals surface area contributed by atoms with Gasteiger partial charge in [0.15, 0.2) is 0 Å². The number of halogens is 1. The highest BCUT2D eigenvalue weighted by molar-refractivity contribution is 6.17. The Kier molecular flexibility index (Phi) is 4.86. The van der Waals surface area contributed by atoms with Crippen LogP contribution in [0.4, 0.5) is 0 Å². The van der Waals surface area contributed by atoms with Crippen LogP contribution in [-0.4, -0.2) is 39.7 Å². The molecule has 1 aromatic rings. The maximum atomic E-state index is 5.80. The molecular weight excluding hydrogens is 234 g/mol. The number of aryl methyl sites for hydroxylation is 1. The molecule has 2 rings (SSSR count). The molecule has 0 saturated heterocycles. The number of alkyl halides is 1. The van der Waals surface area contributed by atoms with E-state index in [9.17, 15) is 0 Å². The van der Waals surface area contributed by atoms with Crippen LogP contribution in [0.1, 0.15) is 31.4 Å². The quantitative estimate of drug-likeness (QED) is 0.698. The first-order valence-corrected chi connectivity index (χ1v) is 7.11. The lowest BCUT2D eigenvalue weighted by atomic mass is 9.91. The molecular formula is C13H22ClN3. The predicted molar refractivity (Wildman–Crippen MR) is 71.5 cm³/mol. The lowest BCUT2D eigenvalue weighted by Crippen LogP contribution is -2.42. The Morgan fingerprint density at radius 1 is 1.47 bits per heavy atom. The van der Waals surface area contributed by atoms with Crippen molar-refractivity contribution in [3.8, 4) is 0 Å². The summed E-state index contributed by atoms with van der Waals surface area (Å²) in [5.74, 6) is 0.773. The van der Waals surface area contributed by atoms with Crippen LogP contribution < -0.4 is 0 Å². The summed E-state index contributed by atoms with van der Waals surface area (Å²) < 4.78 is 1.97. The molecule has 1 aliphatic carbocycles. The first-order valence-electron chi connectivity index (χ1n) is 6.58. The fourth-order valence-corrected chi connectivity index (χ4v) is 2.52. The van der Waals surface area contributed by atoms with E-state index in [0.717, 1.165) is 37.9 Å². The SMILES string of the molecule is Cn1nccc1CCN(CCCCl)C1CCC1. The van der Waals surface area contributed by atoms with Gasteiger partial charge in [-0.05, 0) is 31.9 Å². The van der Waals surface area contributed by atoms with E-state index in [4.69, 9.17) is 11.6 Å². The van der Waals surface area contributed by atoms with E-state index < -0.39 is 0 Å². The van der Waals surface area contributed by atoms with Crippen LogP contribution in [0.25, 0.3) is 0 Å². The summed E-state index contributed by atoms with van der Waals surface area (Å²) in [7, 11) is 2.02. The summed E-state index contributed by atoms with van der Waals surface area (Å²) in [6.45, 7) is 2.28. The molecule has 4 heteroatoms. The Morgan fingerprint density at radius 2 is 2.29 bits per heavy atom. The van der Waals surface area contributed by atoms with Crippen molar-refractivity contribution in [1.29, 1.82) is 0 Å². The van der Waals surface area contributed by atoms with Crippen molar-refractivity contribution in [2.75, 3.05) is 19.0 Å². The van der Waals surface area contributed by atoms with Gasteiger partial charge >= 0.3 is 0 Å². The second-order valence-corrected chi connectivity index (χ2v) is 5.24. The third-order valence-corrected chi connectivity index (χ3v) is 4.01. The van der Waals surface area contributed by atoms with Crippen molar-refractivity contribution in [3.05, 3.63) is 18.0 Å². The fraction of sp³-hybridized carbons (Fsp3) is 0.769. The Labute approximate surface area is 109 Å². The average Bonchev–Trinajstić information content (AvgIpc) is 2.65. The third-order valence-electron chi connectivity index (χ3n) is 3.75. The van der Waals surface area contributed by atoms with Gasteiger partial charge in [-0.2, -0.15) is 5.10 Å². The molecule has 1 fully saturated rings. The van der Waals surface area contributed by atoms with Crippen LogP contribution in [0.15, 0.2) is 12.3 Å². The zero-order valence-electron chi connectivity index (χ0n) is 10.6. The minimum Gasteiger partial charge on any atom is -0.300 e. The Balaban J connectivity index is 1.82. The predicted octanol–water partition coefficient (Wildman–Crippen LogP) is 2.45. The normalized spacial score (nSPS) is 16.4. The molecule has 0 aromatic carbocycles. The van der Waals surface area contributed by atoms with Gasteiger partial charge in [-0.1, -0.05) is 6.42 Å². The van der Waals surface area contributed by atoms with E-state index in [1.54, 1.807) is 0 Å². The molecule has 0 radical (unpaired) electrons. The zero-order valence-corrected chi connectivity index (χ0v) is 11.4. The van der Waals surface area contributed by atoms with Crippen LogP contribution in [0.5, 0.6) is 0 Å². The minimum absolute atomic E-state index is 0.773. The van der Waals surface area contributed by atoms with Gasteiger partial charge < -0.3 is 0 Å². The van der Waals surface area contributed by atoms with Crippen molar-refractivity contribution in [3.63, 3.8) is 0 Å². The second kappa shape index (κ2) is 6.41. The standard InChI is InChI=1S/C13H22ClN3/c1-16-12(6-9-15-16)7-11-17(10-3-8-14)13-4-2-5-13/h6,9,13H,2-5,7-8,10-11H2,1H3. The van der Waals surface area contributed by atoms with E-state index >= 15 is 0 Å². The number of aromatic nitrogens is 2. The van der Waals surface area contributed by atoms with Crippen molar-refractivity contribution < 1.29 is 0 Å². The Hall–Kier alpha value is -0.540. The summed E-state index contributed by atoms with van der Waals surface area (Å²) in [5, 5.41) is 4.21. The van der Waals surface area contributed by atoms with Crippen LogP contribution in [0, 0.1) is 0 Å². The molecule has 1 saturated carbocycles. The Morgan fingerprint density at radius 3 is 2.82 bits per heavy atom. The first kappa shape index (κ1) is 12.9. The number of rotatable bonds is 7. The van der Waals surface area contributed by atoms with Gasteiger partial charge in [0.05, 0.1) is 0 Å². The van der Waals surface area contributed by atoms with Crippen LogP contribution in [0.2, 0.25) is 0 Å². The summed E-state index contributed by atoms with van der Waals surface area (Å²) in [5.41, 5.74) is 1.32.